The number of amides is 1. The summed E-state index contributed by atoms with van der Waals surface area (Å²) in [5.74, 6) is 0.409. The number of halogens is 1. The Hall–Kier alpha value is -1.57. The Morgan fingerprint density at radius 2 is 2.23 bits per heavy atom. The quantitative estimate of drug-likeness (QED) is 0.780. The van der Waals surface area contributed by atoms with Gasteiger partial charge >= 0.3 is 0 Å². The Balaban J connectivity index is 1.90. The average Bonchev–Trinajstić information content (AvgIpc) is 2.94. The van der Waals surface area contributed by atoms with Crippen molar-refractivity contribution in [3.8, 4) is 11.5 Å². The molecule has 2 rings (SSSR count). The van der Waals surface area contributed by atoms with Gasteiger partial charge < -0.3 is 14.5 Å². The minimum absolute atomic E-state index is 0.0422. The fourth-order valence-electron chi connectivity index (χ4n) is 1.75. The van der Waals surface area contributed by atoms with E-state index in [4.69, 9.17) is 20.8 Å². The van der Waals surface area contributed by atoms with Crippen molar-refractivity contribution in [2.75, 3.05) is 19.5 Å². The third-order valence-corrected chi connectivity index (χ3v) is 3.81. The molecule has 2 aromatic rings. The van der Waals surface area contributed by atoms with Gasteiger partial charge in [-0.15, -0.1) is 10.2 Å². The number of thioether (sulfide) groups is 1. The molecule has 0 spiro atoms. The second-order valence-electron chi connectivity index (χ2n) is 4.57. The molecule has 1 unspecified atom stereocenters. The molecule has 1 atom stereocenters. The molecule has 1 heterocycles. The minimum atomic E-state index is -0.118. The maximum absolute atomic E-state index is 11.7. The van der Waals surface area contributed by atoms with E-state index in [1.54, 1.807) is 19.2 Å². The van der Waals surface area contributed by atoms with Crippen molar-refractivity contribution in [2.24, 2.45) is 0 Å². The van der Waals surface area contributed by atoms with Crippen LogP contribution >= 0.6 is 23.4 Å². The van der Waals surface area contributed by atoms with E-state index in [0.717, 1.165) is 0 Å². The first-order chi connectivity index (χ1) is 10.6. The number of rotatable bonds is 7. The number of aromatic nitrogens is 2. The van der Waals surface area contributed by atoms with Crippen molar-refractivity contribution in [1.29, 1.82) is 0 Å². The van der Waals surface area contributed by atoms with E-state index in [1.165, 1.54) is 11.8 Å². The second-order valence-corrected chi connectivity index (χ2v) is 5.90. The van der Waals surface area contributed by atoms with Crippen LogP contribution in [0.1, 0.15) is 6.92 Å². The van der Waals surface area contributed by atoms with Gasteiger partial charge in [0.15, 0.2) is 0 Å². The van der Waals surface area contributed by atoms with Gasteiger partial charge in [0.05, 0.1) is 22.9 Å². The number of benzene rings is 1. The number of ether oxygens (including phenoxy) is 1. The number of carbonyl (C=O) groups excluding carboxylic acids is 1. The summed E-state index contributed by atoms with van der Waals surface area (Å²) in [4.78, 5) is 11.7. The van der Waals surface area contributed by atoms with Gasteiger partial charge in [-0.1, -0.05) is 35.5 Å². The average molecular weight is 342 g/mol. The van der Waals surface area contributed by atoms with Crippen LogP contribution < -0.4 is 5.32 Å². The lowest BCUT2D eigenvalue weighted by Crippen LogP contribution is -2.36. The highest BCUT2D eigenvalue weighted by Crippen LogP contribution is 2.28. The number of hydrogen-bond donors (Lipinski definition) is 1. The van der Waals surface area contributed by atoms with Crippen molar-refractivity contribution >= 4 is 29.3 Å². The summed E-state index contributed by atoms with van der Waals surface area (Å²) in [5, 5.41) is 11.5. The van der Waals surface area contributed by atoms with Crippen molar-refractivity contribution in [3.63, 3.8) is 0 Å². The van der Waals surface area contributed by atoms with E-state index in [1.807, 2.05) is 19.1 Å². The Bertz CT molecular complexity index is 635. The third kappa shape index (κ3) is 4.72. The highest BCUT2D eigenvalue weighted by atomic mass is 35.5. The first kappa shape index (κ1) is 16.8. The van der Waals surface area contributed by atoms with Crippen LogP contribution in [-0.2, 0) is 9.53 Å². The van der Waals surface area contributed by atoms with Crippen molar-refractivity contribution in [2.45, 2.75) is 18.2 Å². The van der Waals surface area contributed by atoms with Gasteiger partial charge in [-0.2, -0.15) is 0 Å². The zero-order valence-corrected chi connectivity index (χ0v) is 13.8. The predicted octanol–water partition coefficient (Wildman–Crippen LogP) is 2.63. The zero-order valence-electron chi connectivity index (χ0n) is 12.2. The van der Waals surface area contributed by atoms with Gasteiger partial charge in [0.2, 0.25) is 11.8 Å². The lowest BCUT2D eigenvalue weighted by Gasteiger charge is -2.11. The molecule has 118 valence electrons. The molecule has 6 nitrogen and oxygen atoms in total. The highest BCUT2D eigenvalue weighted by Gasteiger charge is 2.14. The van der Waals surface area contributed by atoms with Crippen molar-refractivity contribution in [3.05, 3.63) is 29.3 Å². The molecule has 0 aliphatic carbocycles. The van der Waals surface area contributed by atoms with Gasteiger partial charge in [0, 0.05) is 13.2 Å². The Morgan fingerprint density at radius 3 is 2.95 bits per heavy atom. The summed E-state index contributed by atoms with van der Waals surface area (Å²) in [5.41, 5.74) is 0.668. The molecule has 1 aromatic heterocycles. The van der Waals surface area contributed by atoms with Crippen LogP contribution in [-0.4, -0.2) is 41.6 Å². The van der Waals surface area contributed by atoms with Gasteiger partial charge in [0.1, 0.15) is 0 Å². The Labute approximate surface area is 137 Å². The molecule has 0 saturated heterocycles. The third-order valence-electron chi connectivity index (χ3n) is 2.66. The first-order valence-electron chi connectivity index (χ1n) is 6.59. The normalized spacial score (nSPS) is 12.1. The van der Waals surface area contributed by atoms with Crippen molar-refractivity contribution in [1.82, 2.24) is 15.5 Å². The van der Waals surface area contributed by atoms with Gasteiger partial charge in [-0.05, 0) is 19.1 Å². The molecule has 0 saturated carbocycles. The number of hydrogen-bond acceptors (Lipinski definition) is 6. The van der Waals surface area contributed by atoms with E-state index in [9.17, 15) is 4.79 Å². The van der Waals surface area contributed by atoms with E-state index >= 15 is 0 Å². The molecular formula is C14H16ClN3O3S. The van der Waals surface area contributed by atoms with Crippen LogP contribution in [0.25, 0.3) is 11.5 Å². The Kier molecular flexibility index (Phi) is 6.23. The fraction of sp³-hybridized carbons (Fsp3) is 0.357. The smallest absolute Gasteiger partial charge is 0.277 e. The second kappa shape index (κ2) is 8.17. The largest absolute Gasteiger partial charge is 0.411 e. The SMILES string of the molecule is COCC(C)NC(=O)CSc1nnc(-c2ccccc2Cl)o1. The zero-order chi connectivity index (χ0) is 15.9. The van der Waals surface area contributed by atoms with Crippen LogP contribution in [0.2, 0.25) is 5.02 Å². The van der Waals surface area contributed by atoms with Crippen LogP contribution in [0.3, 0.4) is 0 Å². The molecule has 0 fully saturated rings. The van der Waals surface area contributed by atoms with Crippen LogP contribution in [0.5, 0.6) is 0 Å². The summed E-state index contributed by atoms with van der Waals surface area (Å²) in [7, 11) is 1.59. The molecule has 0 radical (unpaired) electrons. The first-order valence-corrected chi connectivity index (χ1v) is 7.96. The van der Waals surface area contributed by atoms with E-state index in [0.29, 0.717) is 28.3 Å². The molecule has 0 aliphatic heterocycles. The maximum atomic E-state index is 11.7. The predicted molar refractivity (Wildman–Crippen MR) is 84.9 cm³/mol. The van der Waals surface area contributed by atoms with Gasteiger partial charge in [-0.3, -0.25) is 4.79 Å². The molecule has 0 aliphatic rings. The summed E-state index contributed by atoms with van der Waals surface area (Å²) in [6.07, 6.45) is 0. The highest BCUT2D eigenvalue weighted by molar-refractivity contribution is 7.99. The lowest BCUT2D eigenvalue weighted by atomic mass is 10.2. The molecule has 0 bridgehead atoms. The summed E-state index contributed by atoms with van der Waals surface area (Å²) in [6.45, 7) is 2.34. The van der Waals surface area contributed by atoms with E-state index in [2.05, 4.69) is 15.5 Å². The molecule has 22 heavy (non-hydrogen) atoms. The number of carbonyl (C=O) groups is 1. The van der Waals surface area contributed by atoms with Crippen LogP contribution in [0.15, 0.2) is 33.9 Å². The Morgan fingerprint density at radius 1 is 1.45 bits per heavy atom. The number of nitrogens with zero attached hydrogens (tertiary/aromatic N) is 2. The van der Waals surface area contributed by atoms with Gasteiger partial charge in [0.25, 0.3) is 5.22 Å². The topological polar surface area (TPSA) is 77.2 Å². The number of methoxy groups -OCH3 is 1. The van der Waals surface area contributed by atoms with E-state index < -0.39 is 0 Å². The summed E-state index contributed by atoms with van der Waals surface area (Å²) < 4.78 is 10.5. The van der Waals surface area contributed by atoms with Crippen LogP contribution in [0, 0.1) is 0 Å². The molecular weight excluding hydrogens is 326 g/mol. The minimum Gasteiger partial charge on any atom is -0.411 e. The molecule has 1 aromatic carbocycles. The van der Waals surface area contributed by atoms with E-state index in [-0.39, 0.29) is 17.7 Å². The molecule has 8 heteroatoms. The molecule has 1 amide bonds. The lowest BCUT2D eigenvalue weighted by molar-refractivity contribution is -0.119. The van der Waals surface area contributed by atoms with Crippen LogP contribution in [0.4, 0.5) is 0 Å². The standard InChI is InChI=1S/C14H16ClN3O3S/c1-9(7-20-2)16-12(19)8-22-14-18-17-13(21-14)10-5-3-4-6-11(10)15/h3-6,9H,7-8H2,1-2H3,(H,16,19). The van der Waals surface area contributed by atoms with Gasteiger partial charge in [-0.25, -0.2) is 0 Å². The summed E-state index contributed by atoms with van der Waals surface area (Å²) >= 11 is 7.25. The molecule has 1 N–H and O–H groups in total. The fourth-order valence-corrected chi connectivity index (χ4v) is 2.54. The maximum Gasteiger partial charge on any atom is 0.277 e. The summed E-state index contributed by atoms with van der Waals surface area (Å²) in [6, 6.07) is 7.16. The monoisotopic (exact) mass is 341 g/mol. The van der Waals surface area contributed by atoms with Crippen molar-refractivity contribution < 1.29 is 13.9 Å². The number of nitrogens with one attached hydrogen (secondary N) is 1.